The van der Waals surface area contributed by atoms with Crippen LogP contribution < -0.4 is 0 Å². The fraction of sp³-hybridized carbons (Fsp3) is 0.364. The highest BCUT2D eigenvalue weighted by atomic mass is 16.4. The quantitative estimate of drug-likeness (QED) is 0.755. The van der Waals surface area contributed by atoms with Crippen molar-refractivity contribution in [2.75, 3.05) is 0 Å². The Bertz CT molecular complexity index is 340. The summed E-state index contributed by atoms with van der Waals surface area (Å²) in [6.45, 7) is 5.82. The van der Waals surface area contributed by atoms with Gasteiger partial charge in [-0.05, 0) is 43.0 Å². The van der Waals surface area contributed by atoms with E-state index in [1.807, 2.05) is 26.8 Å². The molecule has 0 aliphatic carbocycles. The predicted octanol–water partition coefficient (Wildman–Crippen LogP) is 2.56. The van der Waals surface area contributed by atoms with Crippen molar-refractivity contribution in [1.82, 2.24) is 0 Å². The lowest BCUT2D eigenvalue weighted by molar-refractivity contribution is 0.0696. The number of carboxylic acid groups (broad SMARTS) is 1. The smallest absolute Gasteiger partial charge is 0.335 e. The molecule has 0 atom stereocenters. The van der Waals surface area contributed by atoms with Crippen molar-refractivity contribution < 1.29 is 9.90 Å². The first-order valence-corrected chi connectivity index (χ1v) is 4.39. The van der Waals surface area contributed by atoms with Gasteiger partial charge in [0.15, 0.2) is 0 Å². The van der Waals surface area contributed by atoms with Crippen molar-refractivity contribution in [2.45, 2.75) is 27.2 Å². The summed E-state index contributed by atoms with van der Waals surface area (Å²) in [5, 5.41) is 8.91. The van der Waals surface area contributed by atoms with Gasteiger partial charge in [-0.15, -0.1) is 0 Å². The molecular weight excluding hydrogens is 164 g/mol. The summed E-state index contributed by atoms with van der Waals surface area (Å²) in [4.78, 5) is 10.8. The van der Waals surface area contributed by atoms with Gasteiger partial charge in [0.05, 0.1) is 5.56 Å². The maximum Gasteiger partial charge on any atom is 0.335 e. The first-order chi connectivity index (χ1) is 6.06. The number of rotatable bonds is 2. The zero-order valence-corrected chi connectivity index (χ0v) is 8.22. The van der Waals surface area contributed by atoms with Crippen LogP contribution in [0.1, 0.15) is 34.0 Å². The van der Waals surface area contributed by atoms with Gasteiger partial charge in [-0.3, -0.25) is 0 Å². The fourth-order valence-corrected chi connectivity index (χ4v) is 1.52. The molecule has 0 fully saturated rings. The molecule has 0 aliphatic heterocycles. The molecule has 1 aromatic rings. The highest BCUT2D eigenvalue weighted by Gasteiger charge is 2.09. The monoisotopic (exact) mass is 178 g/mol. The van der Waals surface area contributed by atoms with Gasteiger partial charge in [-0.1, -0.05) is 13.0 Å². The molecule has 0 bridgehead atoms. The zero-order chi connectivity index (χ0) is 10.0. The molecule has 1 rings (SSSR count). The van der Waals surface area contributed by atoms with Gasteiger partial charge in [0.2, 0.25) is 0 Å². The molecule has 0 saturated carbocycles. The van der Waals surface area contributed by atoms with E-state index in [2.05, 4.69) is 0 Å². The van der Waals surface area contributed by atoms with Gasteiger partial charge >= 0.3 is 5.97 Å². The van der Waals surface area contributed by atoms with Crippen LogP contribution in [0.3, 0.4) is 0 Å². The van der Waals surface area contributed by atoms with Gasteiger partial charge in [-0.25, -0.2) is 4.79 Å². The second-order valence-corrected chi connectivity index (χ2v) is 3.26. The highest BCUT2D eigenvalue weighted by molar-refractivity contribution is 5.90. The third kappa shape index (κ3) is 1.89. The van der Waals surface area contributed by atoms with Crippen LogP contribution in [0.15, 0.2) is 12.1 Å². The molecule has 1 aromatic carbocycles. The van der Waals surface area contributed by atoms with Gasteiger partial charge in [-0.2, -0.15) is 0 Å². The standard InChI is InChI=1S/C11H14O2/c1-4-9-5-7(2)6-10(8(9)3)11(12)13/h5-6H,4H2,1-3H3,(H,12,13). The average molecular weight is 178 g/mol. The maximum atomic E-state index is 10.8. The Balaban J connectivity index is 3.35. The fourth-order valence-electron chi connectivity index (χ4n) is 1.52. The summed E-state index contributed by atoms with van der Waals surface area (Å²) in [5.74, 6) is -0.837. The molecule has 2 nitrogen and oxygen atoms in total. The third-order valence-corrected chi connectivity index (χ3v) is 2.27. The minimum atomic E-state index is -0.837. The normalized spacial score (nSPS) is 10.1. The molecule has 2 heteroatoms. The molecule has 0 aromatic heterocycles. The average Bonchev–Trinajstić information content (AvgIpc) is 2.08. The number of aromatic carboxylic acids is 1. The van der Waals surface area contributed by atoms with Crippen molar-refractivity contribution >= 4 is 5.97 Å². The summed E-state index contributed by atoms with van der Waals surface area (Å²) < 4.78 is 0. The van der Waals surface area contributed by atoms with E-state index in [1.165, 1.54) is 0 Å². The lowest BCUT2D eigenvalue weighted by Crippen LogP contribution is -2.03. The van der Waals surface area contributed by atoms with Crippen LogP contribution in [0.25, 0.3) is 0 Å². The number of aryl methyl sites for hydroxylation is 2. The molecular formula is C11H14O2. The Hall–Kier alpha value is -1.31. The number of hydrogen-bond donors (Lipinski definition) is 1. The number of carbonyl (C=O) groups is 1. The molecule has 0 radical (unpaired) electrons. The SMILES string of the molecule is CCc1cc(C)cc(C(=O)O)c1C. The highest BCUT2D eigenvalue weighted by Crippen LogP contribution is 2.17. The van der Waals surface area contributed by atoms with Crippen LogP contribution in [0, 0.1) is 13.8 Å². The van der Waals surface area contributed by atoms with Crippen LogP contribution in [-0.2, 0) is 6.42 Å². The van der Waals surface area contributed by atoms with Crippen molar-refractivity contribution in [1.29, 1.82) is 0 Å². The van der Waals surface area contributed by atoms with Crippen LogP contribution in [0.5, 0.6) is 0 Å². The Morgan fingerprint density at radius 1 is 1.38 bits per heavy atom. The van der Waals surface area contributed by atoms with E-state index >= 15 is 0 Å². The molecule has 13 heavy (non-hydrogen) atoms. The van der Waals surface area contributed by atoms with E-state index in [0.29, 0.717) is 5.56 Å². The third-order valence-electron chi connectivity index (χ3n) is 2.27. The van der Waals surface area contributed by atoms with Crippen LogP contribution in [0.2, 0.25) is 0 Å². The maximum absolute atomic E-state index is 10.8. The lowest BCUT2D eigenvalue weighted by Gasteiger charge is -2.08. The van der Waals surface area contributed by atoms with Crippen molar-refractivity contribution in [3.8, 4) is 0 Å². The minimum Gasteiger partial charge on any atom is -0.478 e. The van der Waals surface area contributed by atoms with Crippen LogP contribution >= 0.6 is 0 Å². The summed E-state index contributed by atoms with van der Waals surface area (Å²) >= 11 is 0. The molecule has 0 saturated heterocycles. The summed E-state index contributed by atoms with van der Waals surface area (Å²) in [5.41, 5.74) is 3.45. The second-order valence-electron chi connectivity index (χ2n) is 3.26. The molecule has 0 unspecified atom stereocenters. The van der Waals surface area contributed by atoms with Gasteiger partial charge in [0, 0.05) is 0 Å². The van der Waals surface area contributed by atoms with Crippen LogP contribution in [-0.4, -0.2) is 11.1 Å². The van der Waals surface area contributed by atoms with E-state index < -0.39 is 5.97 Å². The van der Waals surface area contributed by atoms with E-state index in [1.54, 1.807) is 6.07 Å². The molecule has 0 aliphatic rings. The molecule has 0 amide bonds. The summed E-state index contributed by atoms with van der Waals surface area (Å²) in [7, 11) is 0. The first kappa shape index (κ1) is 9.78. The Kier molecular flexibility index (Phi) is 2.71. The van der Waals surface area contributed by atoms with Gasteiger partial charge < -0.3 is 5.11 Å². The predicted molar refractivity (Wildman–Crippen MR) is 52.3 cm³/mol. The van der Waals surface area contributed by atoms with Crippen molar-refractivity contribution in [2.24, 2.45) is 0 Å². The number of hydrogen-bond acceptors (Lipinski definition) is 1. The van der Waals surface area contributed by atoms with Gasteiger partial charge in [0.25, 0.3) is 0 Å². The molecule has 0 heterocycles. The van der Waals surface area contributed by atoms with Crippen molar-refractivity contribution in [3.63, 3.8) is 0 Å². The van der Waals surface area contributed by atoms with Crippen LogP contribution in [0.4, 0.5) is 0 Å². The van der Waals surface area contributed by atoms with E-state index in [-0.39, 0.29) is 0 Å². The first-order valence-electron chi connectivity index (χ1n) is 4.39. The summed E-state index contributed by atoms with van der Waals surface area (Å²) in [6.07, 6.45) is 0.883. The lowest BCUT2D eigenvalue weighted by atomic mass is 9.98. The second kappa shape index (κ2) is 3.60. The largest absolute Gasteiger partial charge is 0.478 e. The van der Waals surface area contributed by atoms with E-state index in [9.17, 15) is 4.79 Å². The number of benzene rings is 1. The van der Waals surface area contributed by atoms with E-state index in [0.717, 1.165) is 23.1 Å². The molecule has 0 spiro atoms. The Labute approximate surface area is 78.2 Å². The number of carboxylic acids is 1. The van der Waals surface area contributed by atoms with Gasteiger partial charge in [0.1, 0.15) is 0 Å². The zero-order valence-electron chi connectivity index (χ0n) is 8.22. The molecule has 70 valence electrons. The Morgan fingerprint density at radius 2 is 2.00 bits per heavy atom. The van der Waals surface area contributed by atoms with Crippen molar-refractivity contribution in [3.05, 3.63) is 34.4 Å². The molecule has 1 N–H and O–H groups in total. The topological polar surface area (TPSA) is 37.3 Å². The van der Waals surface area contributed by atoms with E-state index in [4.69, 9.17) is 5.11 Å². The Morgan fingerprint density at radius 3 is 2.46 bits per heavy atom. The summed E-state index contributed by atoms with van der Waals surface area (Å²) in [6, 6.07) is 3.76. The minimum absolute atomic E-state index is 0.428.